The van der Waals surface area contributed by atoms with Crippen LogP contribution >= 0.6 is 0 Å². The molecular weight excluding hydrogens is 458 g/mol. The van der Waals surface area contributed by atoms with Gasteiger partial charge in [-0.3, -0.25) is 4.90 Å². The Morgan fingerprint density at radius 2 is 1.54 bits per heavy atom. The van der Waals surface area contributed by atoms with Gasteiger partial charge in [0.1, 0.15) is 12.1 Å². The van der Waals surface area contributed by atoms with Crippen LogP contribution in [0.1, 0.15) is 17.2 Å². The average molecular weight is 486 g/mol. The maximum absolute atomic E-state index is 4.69. The SMILES string of the molecule is c1ccc(C(c2ccc3cc[nH]c3c2)N2CCN(c3ncnc4c3cnn4-c3ccccc3)CC2)cc1. The van der Waals surface area contributed by atoms with Crippen LogP contribution in [0.4, 0.5) is 5.82 Å². The van der Waals surface area contributed by atoms with Crippen LogP contribution in [-0.4, -0.2) is 55.8 Å². The van der Waals surface area contributed by atoms with Crippen LogP contribution in [0.2, 0.25) is 0 Å². The molecule has 7 rings (SSSR count). The highest BCUT2D eigenvalue weighted by atomic mass is 15.3. The van der Waals surface area contributed by atoms with Crippen LogP contribution in [0.25, 0.3) is 27.6 Å². The number of hydrogen-bond acceptors (Lipinski definition) is 5. The molecule has 0 spiro atoms. The summed E-state index contributed by atoms with van der Waals surface area (Å²) in [6, 6.07) is 30.1. The molecule has 1 unspecified atom stereocenters. The number of anilines is 1. The van der Waals surface area contributed by atoms with E-state index in [0.29, 0.717) is 0 Å². The number of nitrogens with zero attached hydrogens (tertiary/aromatic N) is 6. The maximum Gasteiger partial charge on any atom is 0.168 e. The molecule has 1 fully saturated rings. The molecule has 1 aliphatic rings. The summed E-state index contributed by atoms with van der Waals surface area (Å²) in [6.07, 6.45) is 5.55. The van der Waals surface area contributed by atoms with Crippen molar-refractivity contribution in [2.45, 2.75) is 6.04 Å². The smallest absolute Gasteiger partial charge is 0.168 e. The van der Waals surface area contributed by atoms with Crippen LogP contribution < -0.4 is 4.90 Å². The van der Waals surface area contributed by atoms with Crippen molar-refractivity contribution < 1.29 is 0 Å². The third-order valence-electron chi connectivity index (χ3n) is 7.33. The standard InChI is InChI=1S/C30H27N7/c1-3-7-23(8-4-1)28(24-12-11-22-13-14-31-27(22)19-24)35-15-17-36(18-16-35)29-26-20-34-37(30(26)33-21-32-29)25-9-5-2-6-10-25/h1-14,19-21,28,31H,15-18H2. The van der Waals surface area contributed by atoms with Crippen LogP contribution in [0.15, 0.2) is 104 Å². The molecule has 1 aliphatic heterocycles. The number of nitrogens with one attached hydrogen (secondary N) is 1. The number of rotatable bonds is 5. The van der Waals surface area contributed by atoms with Crippen molar-refractivity contribution in [3.05, 3.63) is 115 Å². The summed E-state index contributed by atoms with van der Waals surface area (Å²) < 4.78 is 1.89. The van der Waals surface area contributed by atoms with Crippen molar-refractivity contribution in [1.29, 1.82) is 0 Å². The van der Waals surface area contributed by atoms with E-state index in [0.717, 1.165) is 48.7 Å². The predicted octanol–water partition coefficient (Wildman–Crippen LogP) is 5.21. The number of hydrogen-bond donors (Lipinski definition) is 1. The lowest BCUT2D eigenvalue weighted by Gasteiger charge is -2.40. The first-order chi connectivity index (χ1) is 18.3. The van der Waals surface area contributed by atoms with Gasteiger partial charge in [0.25, 0.3) is 0 Å². The summed E-state index contributed by atoms with van der Waals surface area (Å²) in [5.41, 5.74) is 5.63. The summed E-state index contributed by atoms with van der Waals surface area (Å²) in [5.74, 6) is 0.955. The Labute approximate surface area is 215 Å². The second kappa shape index (κ2) is 9.19. The van der Waals surface area contributed by atoms with E-state index in [4.69, 9.17) is 4.98 Å². The van der Waals surface area contributed by atoms with Crippen molar-refractivity contribution in [2.75, 3.05) is 31.1 Å². The summed E-state index contributed by atoms with van der Waals surface area (Å²) in [4.78, 5) is 17.6. The molecular formula is C30H27N7. The maximum atomic E-state index is 4.69. The largest absolute Gasteiger partial charge is 0.361 e. The fourth-order valence-corrected chi connectivity index (χ4v) is 5.52. The molecule has 6 aromatic rings. The van der Waals surface area contributed by atoms with E-state index in [2.05, 4.69) is 79.5 Å². The summed E-state index contributed by atoms with van der Waals surface area (Å²) in [5, 5.41) is 6.86. The summed E-state index contributed by atoms with van der Waals surface area (Å²) in [6.45, 7) is 3.63. The van der Waals surface area contributed by atoms with Gasteiger partial charge >= 0.3 is 0 Å². The molecule has 4 heterocycles. The highest BCUT2D eigenvalue weighted by molar-refractivity contribution is 5.87. The van der Waals surface area contributed by atoms with Crippen LogP contribution in [0, 0.1) is 0 Å². The van der Waals surface area contributed by atoms with Gasteiger partial charge in [-0.25, -0.2) is 14.6 Å². The first-order valence-electron chi connectivity index (χ1n) is 12.7. The second-order valence-corrected chi connectivity index (χ2v) is 9.49. The van der Waals surface area contributed by atoms with E-state index < -0.39 is 0 Å². The van der Waals surface area contributed by atoms with Crippen molar-refractivity contribution in [3.63, 3.8) is 0 Å². The van der Waals surface area contributed by atoms with E-state index in [-0.39, 0.29) is 6.04 Å². The lowest BCUT2D eigenvalue weighted by molar-refractivity contribution is 0.212. The minimum atomic E-state index is 0.197. The monoisotopic (exact) mass is 485 g/mol. The molecule has 7 heteroatoms. The molecule has 7 nitrogen and oxygen atoms in total. The molecule has 0 amide bonds. The van der Waals surface area contributed by atoms with Gasteiger partial charge < -0.3 is 9.88 Å². The molecule has 1 saturated heterocycles. The molecule has 1 atom stereocenters. The molecule has 3 aromatic heterocycles. The molecule has 182 valence electrons. The third-order valence-corrected chi connectivity index (χ3v) is 7.33. The van der Waals surface area contributed by atoms with E-state index >= 15 is 0 Å². The Kier molecular flexibility index (Phi) is 5.40. The Morgan fingerprint density at radius 1 is 0.757 bits per heavy atom. The molecule has 3 aromatic carbocycles. The zero-order valence-electron chi connectivity index (χ0n) is 20.4. The third kappa shape index (κ3) is 3.93. The summed E-state index contributed by atoms with van der Waals surface area (Å²) in [7, 11) is 0. The predicted molar refractivity (Wildman–Crippen MR) is 147 cm³/mol. The number of para-hydroxylation sites is 1. The van der Waals surface area contributed by atoms with Crippen molar-refractivity contribution in [2.24, 2.45) is 0 Å². The van der Waals surface area contributed by atoms with Gasteiger partial charge in [0.2, 0.25) is 0 Å². The van der Waals surface area contributed by atoms with Crippen LogP contribution in [0.3, 0.4) is 0 Å². The number of fused-ring (bicyclic) bond motifs is 2. The van der Waals surface area contributed by atoms with Gasteiger partial charge in [-0.2, -0.15) is 5.10 Å². The van der Waals surface area contributed by atoms with Gasteiger partial charge in [-0.15, -0.1) is 0 Å². The van der Waals surface area contributed by atoms with Gasteiger partial charge in [0.15, 0.2) is 5.65 Å². The van der Waals surface area contributed by atoms with E-state index in [1.165, 1.54) is 22.0 Å². The van der Waals surface area contributed by atoms with Crippen molar-refractivity contribution in [3.8, 4) is 5.69 Å². The average Bonchev–Trinajstić information content (AvgIpc) is 3.62. The van der Waals surface area contributed by atoms with Gasteiger partial charge in [-0.05, 0) is 40.8 Å². The molecule has 1 N–H and O–H groups in total. The Bertz CT molecular complexity index is 1650. The fourth-order valence-electron chi connectivity index (χ4n) is 5.52. The van der Waals surface area contributed by atoms with Crippen LogP contribution in [-0.2, 0) is 0 Å². The van der Waals surface area contributed by atoms with Crippen molar-refractivity contribution in [1.82, 2.24) is 29.6 Å². The van der Waals surface area contributed by atoms with E-state index in [1.807, 2.05) is 47.4 Å². The topological polar surface area (TPSA) is 65.9 Å². The van der Waals surface area contributed by atoms with Crippen molar-refractivity contribution >= 4 is 27.8 Å². The number of aromatic nitrogens is 5. The molecule has 37 heavy (non-hydrogen) atoms. The summed E-state index contributed by atoms with van der Waals surface area (Å²) >= 11 is 0. The lowest BCUT2D eigenvalue weighted by Crippen LogP contribution is -2.48. The Hall–Kier alpha value is -4.49. The highest BCUT2D eigenvalue weighted by Crippen LogP contribution is 2.33. The van der Waals surface area contributed by atoms with Gasteiger partial charge in [0, 0.05) is 37.9 Å². The Balaban J connectivity index is 1.18. The number of aromatic amines is 1. The second-order valence-electron chi connectivity index (χ2n) is 9.49. The number of benzene rings is 3. The zero-order valence-corrected chi connectivity index (χ0v) is 20.4. The van der Waals surface area contributed by atoms with E-state index in [1.54, 1.807) is 6.33 Å². The fraction of sp³-hybridized carbons (Fsp3) is 0.167. The molecule has 0 aliphatic carbocycles. The number of H-pyrrole nitrogens is 1. The highest BCUT2D eigenvalue weighted by Gasteiger charge is 2.28. The molecule has 0 bridgehead atoms. The number of piperazine rings is 1. The van der Waals surface area contributed by atoms with Crippen LogP contribution in [0.5, 0.6) is 0 Å². The van der Waals surface area contributed by atoms with Gasteiger partial charge in [0.05, 0.1) is 23.3 Å². The minimum absolute atomic E-state index is 0.197. The minimum Gasteiger partial charge on any atom is -0.361 e. The Morgan fingerprint density at radius 3 is 2.35 bits per heavy atom. The normalized spacial score (nSPS) is 15.4. The first-order valence-corrected chi connectivity index (χ1v) is 12.7. The van der Waals surface area contributed by atoms with Gasteiger partial charge in [-0.1, -0.05) is 60.7 Å². The van der Waals surface area contributed by atoms with E-state index in [9.17, 15) is 0 Å². The quantitative estimate of drug-likeness (QED) is 0.363. The lowest BCUT2D eigenvalue weighted by atomic mass is 9.95. The zero-order chi connectivity index (χ0) is 24.6. The molecule has 0 saturated carbocycles. The first kappa shape index (κ1) is 21.8. The molecule has 0 radical (unpaired) electrons.